The lowest BCUT2D eigenvalue weighted by molar-refractivity contribution is -0.146. The summed E-state index contributed by atoms with van der Waals surface area (Å²) in [5.41, 5.74) is 0.883. The van der Waals surface area contributed by atoms with E-state index in [1.54, 1.807) is 11.9 Å². The highest BCUT2D eigenvalue weighted by atomic mass is 16.4. The van der Waals surface area contributed by atoms with E-state index in [0.717, 1.165) is 5.56 Å². The fraction of sp³-hybridized carbons (Fsp3) is 0.526. The third-order valence-electron chi connectivity index (χ3n) is 4.66. The van der Waals surface area contributed by atoms with Gasteiger partial charge in [0, 0.05) is 13.5 Å². The fourth-order valence-electron chi connectivity index (χ4n) is 3.39. The maximum atomic E-state index is 12.8. The van der Waals surface area contributed by atoms with Gasteiger partial charge in [0.15, 0.2) is 0 Å². The van der Waals surface area contributed by atoms with Crippen molar-refractivity contribution in [2.24, 2.45) is 11.8 Å². The van der Waals surface area contributed by atoms with Crippen molar-refractivity contribution in [1.29, 1.82) is 0 Å². The Morgan fingerprint density at radius 1 is 1.28 bits per heavy atom. The van der Waals surface area contributed by atoms with E-state index in [0.29, 0.717) is 19.3 Å². The number of nitrogens with one attached hydrogen (secondary N) is 1. The van der Waals surface area contributed by atoms with Gasteiger partial charge in [0.05, 0.1) is 12.0 Å². The molecular weight excluding hydrogens is 320 g/mol. The largest absolute Gasteiger partial charge is 0.480 e. The molecule has 1 saturated heterocycles. The normalized spacial score (nSPS) is 21.9. The van der Waals surface area contributed by atoms with Gasteiger partial charge in [-0.25, -0.2) is 4.79 Å². The summed E-state index contributed by atoms with van der Waals surface area (Å²) < 4.78 is 0. The van der Waals surface area contributed by atoms with Crippen molar-refractivity contribution in [2.45, 2.75) is 45.2 Å². The van der Waals surface area contributed by atoms with Crippen LogP contribution >= 0.6 is 0 Å². The molecule has 0 bridgehead atoms. The molecule has 2 unspecified atom stereocenters. The molecule has 1 fully saturated rings. The standard InChI is InChI=1S/C19H26N2O4/c1-12(2)11-15(19(24)25)20-18(23)14-9-10-16(22)21(3)17(14)13-7-5-4-6-8-13/h4-8,12,14-15,17H,9-11H2,1-3H3,(H,20,23)(H,24,25)/t14?,15-,17?/m1/s1. The predicted molar refractivity (Wildman–Crippen MR) is 93.7 cm³/mol. The van der Waals surface area contributed by atoms with Crippen LogP contribution in [0.1, 0.15) is 44.7 Å². The zero-order valence-corrected chi connectivity index (χ0v) is 14.9. The molecule has 1 aromatic rings. The molecule has 0 aliphatic carbocycles. The zero-order chi connectivity index (χ0) is 18.6. The van der Waals surface area contributed by atoms with E-state index in [1.165, 1.54) is 0 Å². The van der Waals surface area contributed by atoms with Gasteiger partial charge in [0.25, 0.3) is 0 Å². The predicted octanol–water partition coefficient (Wildman–Crippen LogP) is 2.21. The molecule has 1 aliphatic rings. The second-order valence-electron chi connectivity index (χ2n) is 7.03. The minimum absolute atomic E-state index is 0.00475. The SMILES string of the molecule is CC(C)C[C@@H](NC(=O)C1CCC(=O)N(C)C1c1ccccc1)C(=O)O. The van der Waals surface area contributed by atoms with Gasteiger partial charge in [-0.3, -0.25) is 9.59 Å². The average molecular weight is 346 g/mol. The first-order valence-corrected chi connectivity index (χ1v) is 8.65. The van der Waals surface area contributed by atoms with Gasteiger partial charge in [-0.15, -0.1) is 0 Å². The molecule has 136 valence electrons. The minimum Gasteiger partial charge on any atom is -0.480 e. The van der Waals surface area contributed by atoms with Gasteiger partial charge in [0.2, 0.25) is 11.8 Å². The number of carbonyl (C=O) groups is 3. The molecular formula is C19H26N2O4. The highest BCUT2D eigenvalue weighted by Gasteiger charge is 2.39. The van der Waals surface area contributed by atoms with Crippen LogP contribution in [0.3, 0.4) is 0 Å². The Bertz CT molecular complexity index is 630. The van der Waals surface area contributed by atoms with E-state index < -0.39 is 17.9 Å². The summed E-state index contributed by atoms with van der Waals surface area (Å²) in [5.74, 6) is -1.64. The van der Waals surface area contributed by atoms with Crippen molar-refractivity contribution in [2.75, 3.05) is 7.05 Å². The summed E-state index contributed by atoms with van der Waals surface area (Å²) in [6, 6.07) is 8.12. The van der Waals surface area contributed by atoms with E-state index in [9.17, 15) is 19.5 Å². The average Bonchev–Trinajstić information content (AvgIpc) is 2.56. The second-order valence-corrected chi connectivity index (χ2v) is 7.03. The Morgan fingerprint density at radius 2 is 1.92 bits per heavy atom. The smallest absolute Gasteiger partial charge is 0.326 e. The summed E-state index contributed by atoms with van der Waals surface area (Å²) >= 11 is 0. The maximum absolute atomic E-state index is 12.8. The molecule has 2 amide bonds. The summed E-state index contributed by atoms with van der Waals surface area (Å²) in [5, 5.41) is 12.0. The van der Waals surface area contributed by atoms with E-state index in [2.05, 4.69) is 5.32 Å². The molecule has 6 heteroatoms. The molecule has 0 aromatic heterocycles. The summed E-state index contributed by atoms with van der Waals surface area (Å²) in [4.78, 5) is 38.0. The van der Waals surface area contributed by atoms with Gasteiger partial charge >= 0.3 is 5.97 Å². The number of benzene rings is 1. The lowest BCUT2D eigenvalue weighted by Gasteiger charge is -2.39. The van der Waals surface area contributed by atoms with Crippen LogP contribution in [-0.2, 0) is 14.4 Å². The summed E-state index contributed by atoms with van der Waals surface area (Å²) in [6.07, 6.45) is 1.08. The first kappa shape index (κ1) is 19.0. The molecule has 0 saturated carbocycles. The van der Waals surface area contributed by atoms with Crippen LogP contribution in [0.4, 0.5) is 0 Å². The lowest BCUT2D eigenvalue weighted by Crippen LogP contribution is -2.50. The highest BCUT2D eigenvalue weighted by molar-refractivity contribution is 5.88. The number of hydrogen-bond acceptors (Lipinski definition) is 3. The number of carbonyl (C=O) groups excluding carboxylic acids is 2. The van der Waals surface area contributed by atoms with Crippen LogP contribution in [0.5, 0.6) is 0 Å². The highest BCUT2D eigenvalue weighted by Crippen LogP contribution is 2.35. The number of amides is 2. The molecule has 0 radical (unpaired) electrons. The molecule has 6 nitrogen and oxygen atoms in total. The Kier molecular flexibility index (Phi) is 6.17. The topological polar surface area (TPSA) is 86.7 Å². The van der Waals surface area contributed by atoms with E-state index in [4.69, 9.17) is 0 Å². The molecule has 1 aliphatic heterocycles. The van der Waals surface area contributed by atoms with Crippen LogP contribution in [0.2, 0.25) is 0 Å². The van der Waals surface area contributed by atoms with Crippen molar-refractivity contribution < 1.29 is 19.5 Å². The molecule has 1 aromatic carbocycles. The maximum Gasteiger partial charge on any atom is 0.326 e. The summed E-state index contributed by atoms with van der Waals surface area (Å²) in [7, 11) is 1.70. The Morgan fingerprint density at radius 3 is 2.48 bits per heavy atom. The van der Waals surface area contributed by atoms with Crippen molar-refractivity contribution in [3.63, 3.8) is 0 Å². The van der Waals surface area contributed by atoms with Crippen LogP contribution < -0.4 is 5.32 Å². The number of aliphatic carboxylic acids is 1. The van der Waals surface area contributed by atoms with Crippen molar-refractivity contribution >= 4 is 17.8 Å². The van der Waals surface area contributed by atoms with Crippen molar-refractivity contribution in [3.8, 4) is 0 Å². The lowest BCUT2D eigenvalue weighted by atomic mass is 9.83. The van der Waals surface area contributed by atoms with Crippen LogP contribution in [0, 0.1) is 11.8 Å². The van der Waals surface area contributed by atoms with Gasteiger partial charge in [0.1, 0.15) is 6.04 Å². The van der Waals surface area contributed by atoms with E-state index in [-0.39, 0.29) is 23.8 Å². The fourth-order valence-corrected chi connectivity index (χ4v) is 3.39. The van der Waals surface area contributed by atoms with Gasteiger partial charge in [-0.2, -0.15) is 0 Å². The Hall–Kier alpha value is -2.37. The quantitative estimate of drug-likeness (QED) is 0.827. The Labute approximate surface area is 148 Å². The minimum atomic E-state index is -1.03. The molecule has 3 atom stereocenters. The number of rotatable bonds is 6. The van der Waals surface area contributed by atoms with E-state index >= 15 is 0 Å². The number of likely N-dealkylation sites (tertiary alicyclic amines) is 1. The van der Waals surface area contributed by atoms with Crippen LogP contribution in [0.15, 0.2) is 30.3 Å². The number of nitrogens with zero attached hydrogens (tertiary/aromatic N) is 1. The molecule has 2 rings (SSSR count). The Balaban J connectivity index is 2.23. The van der Waals surface area contributed by atoms with Gasteiger partial charge in [-0.05, 0) is 24.3 Å². The van der Waals surface area contributed by atoms with Crippen molar-refractivity contribution in [1.82, 2.24) is 10.2 Å². The third-order valence-corrected chi connectivity index (χ3v) is 4.66. The monoisotopic (exact) mass is 346 g/mol. The second kappa shape index (κ2) is 8.14. The van der Waals surface area contributed by atoms with Gasteiger partial charge < -0.3 is 15.3 Å². The van der Waals surface area contributed by atoms with Gasteiger partial charge in [-0.1, -0.05) is 44.2 Å². The zero-order valence-electron chi connectivity index (χ0n) is 14.9. The summed E-state index contributed by atoms with van der Waals surface area (Å²) in [6.45, 7) is 3.84. The molecule has 1 heterocycles. The van der Waals surface area contributed by atoms with Crippen LogP contribution in [0.25, 0.3) is 0 Å². The molecule has 25 heavy (non-hydrogen) atoms. The van der Waals surface area contributed by atoms with Crippen molar-refractivity contribution in [3.05, 3.63) is 35.9 Å². The van der Waals surface area contributed by atoms with Crippen LogP contribution in [-0.4, -0.2) is 40.9 Å². The molecule has 2 N–H and O–H groups in total. The number of carboxylic acids is 1. The first-order valence-electron chi connectivity index (χ1n) is 8.65. The number of carboxylic acid groups (broad SMARTS) is 1. The molecule has 0 spiro atoms. The number of piperidine rings is 1. The van der Waals surface area contributed by atoms with E-state index in [1.807, 2.05) is 44.2 Å². The third kappa shape index (κ3) is 4.59. The first-order chi connectivity index (χ1) is 11.8. The number of hydrogen-bond donors (Lipinski definition) is 2.